The Balaban J connectivity index is 1.69. The number of hydrogen-bond acceptors (Lipinski definition) is 3. The Hall–Kier alpha value is -2.82. The first-order chi connectivity index (χ1) is 12.1. The molecule has 0 bridgehead atoms. The third-order valence-corrected chi connectivity index (χ3v) is 4.98. The molecule has 0 spiro atoms. The quantitative estimate of drug-likeness (QED) is 0.738. The molecule has 3 heterocycles. The van der Waals surface area contributed by atoms with Crippen molar-refractivity contribution in [2.24, 2.45) is 0 Å². The summed E-state index contributed by atoms with van der Waals surface area (Å²) in [6.45, 7) is 5.26. The van der Waals surface area contributed by atoms with E-state index in [1.165, 1.54) is 0 Å². The first-order valence-corrected chi connectivity index (χ1v) is 8.56. The molecule has 5 heteroatoms. The van der Waals surface area contributed by atoms with E-state index in [4.69, 9.17) is 4.52 Å². The second kappa shape index (κ2) is 6.24. The number of carbonyl (C=O) groups excluding carboxylic acids is 1. The van der Waals surface area contributed by atoms with E-state index < -0.39 is 0 Å². The fourth-order valence-corrected chi connectivity index (χ4v) is 3.65. The highest BCUT2D eigenvalue weighted by atomic mass is 16.5. The Labute approximate surface area is 146 Å². The summed E-state index contributed by atoms with van der Waals surface area (Å²) in [5.74, 6) is 0.832. The van der Waals surface area contributed by atoms with E-state index in [1.807, 2.05) is 43.0 Å². The Morgan fingerprint density at radius 3 is 2.68 bits per heavy atom. The van der Waals surface area contributed by atoms with Gasteiger partial charge in [0.2, 0.25) is 5.91 Å². The summed E-state index contributed by atoms with van der Waals surface area (Å²) in [7, 11) is 0. The monoisotopic (exact) mass is 335 g/mol. The number of amides is 1. The number of hydrogen-bond donors (Lipinski definition) is 0. The van der Waals surface area contributed by atoms with Gasteiger partial charge in [-0.3, -0.25) is 4.79 Å². The van der Waals surface area contributed by atoms with Crippen LogP contribution < -0.4 is 0 Å². The first-order valence-electron chi connectivity index (χ1n) is 8.56. The summed E-state index contributed by atoms with van der Waals surface area (Å²) in [6, 6.07) is 14.3. The van der Waals surface area contributed by atoms with Crippen LogP contribution in [0.3, 0.4) is 0 Å². The molecule has 3 aromatic rings. The fraction of sp³-hybridized carbons (Fsp3) is 0.300. The molecule has 1 atom stereocenters. The number of nitrogens with zero attached hydrogens (tertiary/aromatic N) is 3. The lowest BCUT2D eigenvalue weighted by atomic mass is 9.99. The highest BCUT2D eigenvalue weighted by molar-refractivity contribution is 5.80. The van der Waals surface area contributed by atoms with E-state index >= 15 is 0 Å². The lowest BCUT2D eigenvalue weighted by Gasteiger charge is -2.37. The summed E-state index contributed by atoms with van der Waals surface area (Å²) in [6.07, 6.45) is 2.41. The van der Waals surface area contributed by atoms with Crippen LogP contribution in [0.4, 0.5) is 0 Å². The van der Waals surface area contributed by atoms with Crippen molar-refractivity contribution in [2.75, 3.05) is 6.54 Å². The SMILES string of the molecule is Cc1noc(C)c1CC(=O)N1CCn2cccc2[C@@H]1c1ccccc1. The van der Waals surface area contributed by atoms with E-state index in [0.717, 1.165) is 34.8 Å². The van der Waals surface area contributed by atoms with Gasteiger partial charge in [0.05, 0.1) is 18.2 Å². The van der Waals surface area contributed by atoms with Gasteiger partial charge in [-0.05, 0) is 31.5 Å². The molecule has 1 aliphatic rings. The Kier molecular flexibility index (Phi) is 3.92. The third-order valence-electron chi connectivity index (χ3n) is 4.98. The molecule has 0 saturated carbocycles. The Bertz CT molecular complexity index is 875. The van der Waals surface area contributed by atoms with E-state index in [-0.39, 0.29) is 11.9 Å². The lowest BCUT2D eigenvalue weighted by molar-refractivity contribution is -0.133. The van der Waals surface area contributed by atoms with Crippen molar-refractivity contribution in [1.82, 2.24) is 14.6 Å². The average molecular weight is 335 g/mol. The Morgan fingerprint density at radius 1 is 1.16 bits per heavy atom. The zero-order valence-corrected chi connectivity index (χ0v) is 14.5. The summed E-state index contributed by atoms with van der Waals surface area (Å²) in [5, 5.41) is 3.97. The first kappa shape index (κ1) is 15.7. The topological polar surface area (TPSA) is 51.3 Å². The van der Waals surface area contributed by atoms with Gasteiger partial charge >= 0.3 is 0 Å². The predicted octanol–water partition coefficient (Wildman–Crippen LogP) is 3.27. The summed E-state index contributed by atoms with van der Waals surface area (Å²) >= 11 is 0. The van der Waals surface area contributed by atoms with Crippen LogP contribution in [0.1, 0.15) is 34.3 Å². The number of rotatable bonds is 3. The zero-order valence-electron chi connectivity index (χ0n) is 14.5. The second-order valence-electron chi connectivity index (χ2n) is 6.51. The maximum atomic E-state index is 13.1. The molecule has 128 valence electrons. The highest BCUT2D eigenvalue weighted by Gasteiger charge is 2.32. The lowest BCUT2D eigenvalue weighted by Crippen LogP contribution is -2.43. The number of aryl methyl sites for hydroxylation is 2. The largest absolute Gasteiger partial charge is 0.361 e. The average Bonchev–Trinajstić information content (AvgIpc) is 3.23. The molecule has 1 aromatic carbocycles. The van der Waals surface area contributed by atoms with E-state index in [1.54, 1.807) is 0 Å². The molecule has 2 aromatic heterocycles. The van der Waals surface area contributed by atoms with Gasteiger partial charge in [-0.1, -0.05) is 35.5 Å². The van der Waals surface area contributed by atoms with Gasteiger partial charge in [-0.15, -0.1) is 0 Å². The van der Waals surface area contributed by atoms with Crippen LogP contribution >= 0.6 is 0 Å². The zero-order chi connectivity index (χ0) is 17.4. The molecule has 0 saturated heterocycles. The maximum Gasteiger partial charge on any atom is 0.228 e. The van der Waals surface area contributed by atoms with Crippen molar-refractivity contribution < 1.29 is 9.32 Å². The van der Waals surface area contributed by atoms with Gasteiger partial charge in [0.15, 0.2) is 0 Å². The summed E-state index contributed by atoms with van der Waals surface area (Å²) in [4.78, 5) is 15.1. The van der Waals surface area contributed by atoms with Crippen LogP contribution in [-0.2, 0) is 17.8 Å². The van der Waals surface area contributed by atoms with Gasteiger partial charge in [0.25, 0.3) is 0 Å². The second-order valence-corrected chi connectivity index (χ2v) is 6.51. The molecule has 0 fully saturated rings. The molecule has 0 aliphatic carbocycles. The highest BCUT2D eigenvalue weighted by Crippen LogP contribution is 2.33. The minimum atomic E-state index is -0.0575. The summed E-state index contributed by atoms with van der Waals surface area (Å²) in [5.41, 5.74) is 3.99. The van der Waals surface area contributed by atoms with Crippen molar-refractivity contribution in [2.45, 2.75) is 32.9 Å². The van der Waals surface area contributed by atoms with E-state index in [2.05, 4.69) is 34.1 Å². The standard InChI is InChI=1S/C20H21N3O2/c1-14-17(15(2)25-21-14)13-19(24)23-12-11-22-10-6-9-18(22)20(23)16-7-4-3-5-8-16/h3-10,20H,11-13H2,1-2H3/t20-/m0/s1. The molecule has 25 heavy (non-hydrogen) atoms. The molecule has 0 radical (unpaired) electrons. The number of carbonyl (C=O) groups is 1. The van der Waals surface area contributed by atoms with E-state index in [9.17, 15) is 4.79 Å². The fourth-order valence-electron chi connectivity index (χ4n) is 3.65. The Morgan fingerprint density at radius 2 is 1.96 bits per heavy atom. The minimum Gasteiger partial charge on any atom is -0.361 e. The number of aromatic nitrogens is 2. The third kappa shape index (κ3) is 2.76. The van der Waals surface area contributed by atoms with Gasteiger partial charge in [-0.25, -0.2) is 0 Å². The normalized spacial score (nSPS) is 16.7. The molecular weight excluding hydrogens is 314 g/mol. The molecule has 4 rings (SSSR count). The van der Waals surface area contributed by atoms with Gasteiger partial charge < -0.3 is 14.0 Å². The smallest absolute Gasteiger partial charge is 0.228 e. The summed E-state index contributed by atoms with van der Waals surface area (Å²) < 4.78 is 7.45. The van der Waals surface area contributed by atoms with Crippen LogP contribution in [-0.4, -0.2) is 27.1 Å². The van der Waals surface area contributed by atoms with Gasteiger partial charge in [-0.2, -0.15) is 0 Å². The van der Waals surface area contributed by atoms with Crippen molar-refractivity contribution >= 4 is 5.91 Å². The molecule has 1 amide bonds. The molecule has 0 N–H and O–H groups in total. The van der Waals surface area contributed by atoms with Crippen molar-refractivity contribution in [3.63, 3.8) is 0 Å². The van der Waals surface area contributed by atoms with Crippen molar-refractivity contribution in [1.29, 1.82) is 0 Å². The van der Waals surface area contributed by atoms with Crippen molar-refractivity contribution in [3.05, 3.63) is 76.9 Å². The van der Waals surface area contributed by atoms with Gasteiger partial charge in [0, 0.05) is 30.5 Å². The molecule has 0 unspecified atom stereocenters. The van der Waals surface area contributed by atoms with E-state index in [0.29, 0.717) is 13.0 Å². The minimum absolute atomic E-state index is 0.0575. The van der Waals surface area contributed by atoms with Crippen LogP contribution in [0.15, 0.2) is 53.2 Å². The molecule has 1 aliphatic heterocycles. The molecular formula is C20H21N3O2. The van der Waals surface area contributed by atoms with Crippen molar-refractivity contribution in [3.8, 4) is 0 Å². The van der Waals surface area contributed by atoms with Crippen LogP contribution in [0.25, 0.3) is 0 Å². The number of fused-ring (bicyclic) bond motifs is 1. The van der Waals surface area contributed by atoms with Crippen LogP contribution in [0, 0.1) is 13.8 Å². The number of benzene rings is 1. The van der Waals surface area contributed by atoms with Crippen LogP contribution in [0.2, 0.25) is 0 Å². The molecule has 5 nitrogen and oxygen atoms in total. The van der Waals surface area contributed by atoms with Gasteiger partial charge in [0.1, 0.15) is 5.76 Å². The predicted molar refractivity (Wildman–Crippen MR) is 94.1 cm³/mol. The van der Waals surface area contributed by atoms with Crippen LogP contribution in [0.5, 0.6) is 0 Å². The maximum absolute atomic E-state index is 13.1.